The van der Waals surface area contributed by atoms with E-state index in [1.807, 2.05) is 48.7 Å². The van der Waals surface area contributed by atoms with Crippen molar-refractivity contribution in [2.45, 2.75) is 34.6 Å². The number of H-pyrrole nitrogens is 1. The Morgan fingerprint density at radius 3 is 2.11 bits per heavy atom. The second-order valence-corrected chi connectivity index (χ2v) is 10.4. The van der Waals surface area contributed by atoms with Gasteiger partial charge in [-0.05, 0) is 106 Å². The summed E-state index contributed by atoms with van der Waals surface area (Å²) in [7, 11) is 0. The first-order chi connectivity index (χ1) is 17.2. The van der Waals surface area contributed by atoms with Crippen LogP contribution >= 0.6 is 47.4 Å². The summed E-state index contributed by atoms with van der Waals surface area (Å²) in [5, 5.41) is 0.672. The first-order valence-corrected chi connectivity index (χ1v) is 13.9. The van der Waals surface area contributed by atoms with Crippen molar-refractivity contribution in [3.63, 3.8) is 0 Å². The van der Waals surface area contributed by atoms with Crippen LogP contribution in [0.1, 0.15) is 33.3 Å². The molecule has 0 fully saturated rings. The molecule has 0 unspecified atom stereocenters. The minimum absolute atomic E-state index is 0.214. The van der Waals surface area contributed by atoms with Gasteiger partial charge in [0.1, 0.15) is 16.1 Å². The number of rotatable bonds is 7. The third-order valence-electron chi connectivity index (χ3n) is 5.78. The predicted octanol–water partition coefficient (Wildman–Crippen LogP) is 7.34. The SMILES string of the molecule is CCN(CC)CC.CCOc1ccc(-n2c(=S)[nH]c3c(sc(=S)n3-c3ccc(Cl)c(C)c3)c2=O)cc1. The van der Waals surface area contributed by atoms with E-state index in [4.69, 9.17) is 40.8 Å². The minimum Gasteiger partial charge on any atom is -0.494 e. The molecule has 0 spiro atoms. The Bertz CT molecular complexity index is 1490. The van der Waals surface area contributed by atoms with Gasteiger partial charge in [0.15, 0.2) is 8.73 Å². The maximum atomic E-state index is 13.3. The second kappa shape index (κ2) is 12.8. The molecule has 4 aromatic rings. The van der Waals surface area contributed by atoms with Gasteiger partial charge in [0.25, 0.3) is 5.56 Å². The van der Waals surface area contributed by atoms with Gasteiger partial charge in [-0.2, -0.15) is 0 Å². The molecule has 1 N–H and O–H groups in total. The summed E-state index contributed by atoms with van der Waals surface area (Å²) in [5.74, 6) is 0.736. The molecule has 4 rings (SSSR count). The fraction of sp³-hybridized carbons (Fsp3) is 0.346. The van der Waals surface area contributed by atoms with Crippen LogP contribution in [0.5, 0.6) is 5.75 Å². The molecule has 36 heavy (non-hydrogen) atoms. The van der Waals surface area contributed by atoms with E-state index in [9.17, 15) is 4.79 Å². The second-order valence-electron chi connectivity index (χ2n) is 7.93. The lowest BCUT2D eigenvalue weighted by Gasteiger charge is -2.13. The molecule has 6 nitrogen and oxygen atoms in total. The molecule has 0 atom stereocenters. The number of fused-ring (bicyclic) bond motifs is 1. The molecule has 10 heteroatoms. The molecule has 0 radical (unpaired) electrons. The molecule has 0 bridgehead atoms. The highest BCUT2D eigenvalue weighted by Gasteiger charge is 2.15. The normalized spacial score (nSPS) is 11.0. The summed E-state index contributed by atoms with van der Waals surface area (Å²) >= 11 is 18.5. The Labute approximate surface area is 230 Å². The Hall–Kier alpha value is -2.30. The monoisotopic (exact) mass is 562 g/mol. The highest BCUT2D eigenvalue weighted by atomic mass is 35.5. The average Bonchev–Trinajstić information content (AvgIpc) is 3.19. The minimum atomic E-state index is -0.214. The molecule has 0 aliphatic rings. The fourth-order valence-electron chi connectivity index (χ4n) is 3.75. The summed E-state index contributed by atoms with van der Waals surface area (Å²) in [6.07, 6.45) is 0. The van der Waals surface area contributed by atoms with Crippen LogP contribution in [0.3, 0.4) is 0 Å². The number of hydrogen-bond donors (Lipinski definition) is 1. The molecule has 2 heterocycles. The Morgan fingerprint density at radius 1 is 0.972 bits per heavy atom. The van der Waals surface area contributed by atoms with Crippen LogP contribution in [0.15, 0.2) is 47.3 Å². The zero-order valence-corrected chi connectivity index (χ0v) is 24.3. The Morgan fingerprint density at radius 2 is 1.58 bits per heavy atom. The van der Waals surface area contributed by atoms with E-state index >= 15 is 0 Å². The van der Waals surface area contributed by atoms with Crippen LogP contribution in [0.25, 0.3) is 21.7 Å². The number of thiazole rings is 1. The van der Waals surface area contributed by atoms with Crippen molar-refractivity contribution in [2.24, 2.45) is 0 Å². The number of aryl methyl sites for hydroxylation is 1. The molecule has 0 aliphatic heterocycles. The topological polar surface area (TPSA) is 55.2 Å². The number of aromatic nitrogens is 3. The van der Waals surface area contributed by atoms with Crippen LogP contribution in [0, 0.1) is 15.6 Å². The number of hydrogen-bond acceptors (Lipinski definition) is 6. The van der Waals surface area contributed by atoms with Crippen molar-refractivity contribution in [3.05, 3.63) is 72.1 Å². The van der Waals surface area contributed by atoms with Gasteiger partial charge < -0.3 is 14.6 Å². The standard InChI is InChI=1S/C20H16ClN3O2S3.C6H15N/c1-3-26-14-7-4-12(5-8-14)24-18(25)16-17(22-19(24)27)23(20(28)29-16)13-6-9-15(21)11(2)10-13;1-4-7(5-2)6-3/h4-10H,3H2,1-2H3,(H,22,27);4-6H2,1-3H3. The van der Waals surface area contributed by atoms with E-state index in [-0.39, 0.29) is 5.56 Å². The van der Waals surface area contributed by atoms with Crippen LogP contribution in [0.4, 0.5) is 0 Å². The van der Waals surface area contributed by atoms with E-state index in [0.717, 1.165) is 17.0 Å². The molecule has 0 aliphatic carbocycles. The quantitative estimate of drug-likeness (QED) is 0.239. The van der Waals surface area contributed by atoms with Crippen molar-refractivity contribution >= 4 is 57.7 Å². The van der Waals surface area contributed by atoms with E-state index in [1.54, 1.807) is 12.1 Å². The van der Waals surface area contributed by atoms with Crippen molar-refractivity contribution in [1.82, 2.24) is 19.0 Å². The Balaban J connectivity index is 0.000000454. The lowest BCUT2D eigenvalue weighted by Crippen LogP contribution is -2.21. The van der Waals surface area contributed by atoms with E-state index in [1.165, 1.54) is 35.5 Å². The van der Waals surface area contributed by atoms with Gasteiger partial charge in [-0.15, -0.1) is 0 Å². The summed E-state index contributed by atoms with van der Waals surface area (Å²) in [4.78, 5) is 18.8. The summed E-state index contributed by atoms with van der Waals surface area (Å²) in [6, 6.07) is 12.8. The van der Waals surface area contributed by atoms with Crippen LogP contribution in [-0.2, 0) is 0 Å². The van der Waals surface area contributed by atoms with Crippen LogP contribution in [0.2, 0.25) is 5.02 Å². The molecule has 2 aromatic carbocycles. The third-order valence-corrected chi connectivity index (χ3v) is 7.85. The predicted molar refractivity (Wildman–Crippen MR) is 157 cm³/mol. The molecular weight excluding hydrogens is 532 g/mol. The average molecular weight is 563 g/mol. The van der Waals surface area contributed by atoms with Crippen molar-refractivity contribution in [2.75, 3.05) is 26.2 Å². The number of nitrogens with zero attached hydrogens (tertiary/aromatic N) is 3. The van der Waals surface area contributed by atoms with E-state index in [2.05, 4.69) is 30.7 Å². The zero-order valence-electron chi connectivity index (χ0n) is 21.1. The maximum absolute atomic E-state index is 13.3. The number of aromatic amines is 1. The first-order valence-electron chi connectivity index (χ1n) is 11.9. The van der Waals surface area contributed by atoms with Crippen molar-refractivity contribution in [1.29, 1.82) is 0 Å². The summed E-state index contributed by atoms with van der Waals surface area (Å²) < 4.78 is 10.1. The van der Waals surface area contributed by atoms with Crippen LogP contribution < -0.4 is 10.3 Å². The van der Waals surface area contributed by atoms with Gasteiger partial charge in [0.05, 0.1) is 12.3 Å². The van der Waals surface area contributed by atoms with E-state index < -0.39 is 0 Å². The van der Waals surface area contributed by atoms with Gasteiger partial charge in [-0.1, -0.05) is 43.7 Å². The van der Waals surface area contributed by atoms with Crippen molar-refractivity contribution < 1.29 is 4.74 Å². The lowest BCUT2D eigenvalue weighted by atomic mass is 10.2. The van der Waals surface area contributed by atoms with Gasteiger partial charge in [-0.25, -0.2) is 0 Å². The van der Waals surface area contributed by atoms with Gasteiger partial charge >= 0.3 is 0 Å². The third kappa shape index (κ3) is 6.15. The summed E-state index contributed by atoms with van der Waals surface area (Å²) in [6.45, 7) is 14.5. The van der Waals surface area contributed by atoms with Gasteiger partial charge in [-0.3, -0.25) is 13.9 Å². The molecule has 2 aromatic heterocycles. The highest BCUT2D eigenvalue weighted by Crippen LogP contribution is 2.26. The lowest BCUT2D eigenvalue weighted by molar-refractivity contribution is 0.321. The zero-order chi connectivity index (χ0) is 26.4. The maximum Gasteiger partial charge on any atom is 0.278 e. The van der Waals surface area contributed by atoms with E-state index in [0.29, 0.717) is 36.4 Å². The number of nitrogens with one attached hydrogen (secondary N) is 1. The van der Waals surface area contributed by atoms with Crippen LogP contribution in [-0.4, -0.2) is 45.3 Å². The molecule has 0 amide bonds. The molecule has 0 saturated heterocycles. The highest BCUT2D eigenvalue weighted by molar-refractivity contribution is 7.73. The smallest absolute Gasteiger partial charge is 0.278 e. The van der Waals surface area contributed by atoms with Gasteiger partial charge in [0.2, 0.25) is 0 Å². The number of ether oxygens (including phenoxy) is 1. The van der Waals surface area contributed by atoms with Gasteiger partial charge in [0, 0.05) is 10.7 Å². The first kappa shape index (κ1) is 28.3. The molecule has 0 saturated carbocycles. The number of halogens is 1. The Kier molecular flexibility index (Phi) is 10.0. The fourth-order valence-corrected chi connectivity index (χ4v) is 5.48. The largest absolute Gasteiger partial charge is 0.494 e. The molecular formula is C26H31ClN4O2S3. The van der Waals surface area contributed by atoms with Crippen molar-refractivity contribution in [3.8, 4) is 17.1 Å². The number of benzene rings is 2. The molecule has 192 valence electrons. The summed E-state index contributed by atoms with van der Waals surface area (Å²) in [5.41, 5.74) is 2.78.